The second kappa shape index (κ2) is 5.30. The van der Waals surface area contributed by atoms with Gasteiger partial charge in [-0.1, -0.05) is 6.42 Å². The summed E-state index contributed by atoms with van der Waals surface area (Å²) < 4.78 is 5.22. The van der Waals surface area contributed by atoms with Gasteiger partial charge in [-0.15, -0.1) is 4.91 Å². The van der Waals surface area contributed by atoms with Gasteiger partial charge in [0.15, 0.2) is 0 Å². The van der Waals surface area contributed by atoms with Gasteiger partial charge in [-0.3, -0.25) is 9.59 Å². The molecule has 1 aromatic rings. The zero-order valence-corrected chi connectivity index (χ0v) is 10.7. The van der Waals surface area contributed by atoms with Crippen LogP contribution < -0.4 is 4.74 Å². The maximum Gasteiger partial charge on any atom is 0.324 e. The van der Waals surface area contributed by atoms with Gasteiger partial charge in [0.1, 0.15) is 22.6 Å². The Hall–Kier alpha value is -2.04. The van der Waals surface area contributed by atoms with Crippen LogP contribution in [0.4, 0.5) is 5.69 Å². The van der Waals surface area contributed by atoms with Gasteiger partial charge < -0.3 is 4.74 Å². The highest BCUT2D eigenvalue weighted by molar-refractivity contribution is 6.04. The fourth-order valence-corrected chi connectivity index (χ4v) is 2.19. The maximum absolute atomic E-state index is 12.1. The lowest BCUT2D eigenvalue weighted by Gasteiger charge is -2.29. The Morgan fingerprint density at radius 1 is 1.26 bits per heavy atom. The van der Waals surface area contributed by atoms with E-state index in [4.69, 9.17) is 4.74 Å². The van der Waals surface area contributed by atoms with Gasteiger partial charge >= 0.3 is 5.97 Å². The smallest absolute Gasteiger partial charge is 0.324 e. The van der Waals surface area contributed by atoms with E-state index in [0.29, 0.717) is 18.6 Å². The van der Waals surface area contributed by atoms with Crippen molar-refractivity contribution in [2.75, 3.05) is 0 Å². The molecule has 0 amide bonds. The van der Waals surface area contributed by atoms with E-state index in [9.17, 15) is 14.5 Å². The lowest BCUT2D eigenvalue weighted by molar-refractivity contribution is -0.153. The number of carbonyl (C=O) groups is 2. The summed E-state index contributed by atoms with van der Waals surface area (Å²) in [5.74, 6) is -0.268. The molecule has 5 heteroatoms. The predicted octanol–water partition coefficient (Wildman–Crippen LogP) is 3.14. The number of hydrogen-bond acceptors (Lipinski definition) is 5. The average molecular weight is 261 g/mol. The van der Waals surface area contributed by atoms with E-state index in [1.165, 1.54) is 24.3 Å². The van der Waals surface area contributed by atoms with Crippen LogP contribution in [0.3, 0.4) is 0 Å². The second-order valence-electron chi connectivity index (χ2n) is 4.94. The molecular formula is C14H15NO4. The Balaban J connectivity index is 2.11. The third-order valence-corrected chi connectivity index (χ3v) is 3.55. The van der Waals surface area contributed by atoms with Crippen LogP contribution in [0.2, 0.25) is 0 Å². The normalized spacial score (nSPS) is 22.9. The predicted molar refractivity (Wildman–Crippen MR) is 69.1 cm³/mol. The van der Waals surface area contributed by atoms with Crippen LogP contribution >= 0.6 is 0 Å². The zero-order valence-electron chi connectivity index (χ0n) is 10.7. The fourth-order valence-electron chi connectivity index (χ4n) is 2.19. The molecule has 1 unspecified atom stereocenters. The first-order chi connectivity index (χ1) is 9.06. The molecule has 0 aliphatic heterocycles. The van der Waals surface area contributed by atoms with E-state index in [0.717, 1.165) is 12.8 Å². The molecule has 5 nitrogen and oxygen atoms in total. The topological polar surface area (TPSA) is 72.8 Å². The minimum atomic E-state index is -1.04. The number of ketones is 1. The Morgan fingerprint density at radius 2 is 1.95 bits per heavy atom. The molecule has 1 atom stereocenters. The summed E-state index contributed by atoms with van der Waals surface area (Å²) in [6, 6.07) is 5.90. The number of rotatable bonds is 3. The third-order valence-electron chi connectivity index (χ3n) is 3.55. The monoisotopic (exact) mass is 261 g/mol. The van der Waals surface area contributed by atoms with Crippen LogP contribution in [0.25, 0.3) is 0 Å². The third kappa shape index (κ3) is 2.70. The first kappa shape index (κ1) is 13.4. The Morgan fingerprint density at radius 3 is 2.53 bits per heavy atom. The van der Waals surface area contributed by atoms with Crippen molar-refractivity contribution in [1.82, 2.24) is 0 Å². The first-order valence-corrected chi connectivity index (χ1v) is 6.25. The van der Waals surface area contributed by atoms with Gasteiger partial charge in [-0.25, -0.2) is 0 Å². The van der Waals surface area contributed by atoms with Crippen LogP contribution in [-0.2, 0) is 9.59 Å². The molecule has 100 valence electrons. The molecule has 1 aromatic carbocycles. The van der Waals surface area contributed by atoms with Crippen molar-refractivity contribution in [1.29, 1.82) is 0 Å². The van der Waals surface area contributed by atoms with Crippen molar-refractivity contribution >= 4 is 17.4 Å². The van der Waals surface area contributed by atoms with Crippen LogP contribution in [0.15, 0.2) is 29.4 Å². The van der Waals surface area contributed by atoms with E-state index in [1.54, 1.807) is 6.92 Å². The number of esters is 1. The molecule has 0 N–H and O–H groups in total. The van der Waals surface area contributed by atoms with Crippen LogP contribution in [0, 0.1) is 10.3 Å². The van der Waals surface area contributed by atoms with Crippen molar-refractivity contribution in [2.24, 2.45) is 10.6 Å². The summed E-state index contributed by atoms with van der Waals surface area (Å²) in [6.07, 6.45) is 2.64. The fraction of sp³-hybridized carbons (Fsp3) is 0.429. The first-order valence-electron chi connectivity index (χ1n) is 6.25. The van der Waals surface area contributed by atoms with Gasteiger partial charge in [-0.05, 0) is 49.2 Å². The van der Waals surface area contributed by atoms with Crippen molar-refractivity contribution in [3.05, 3.63) is 29.2 Å². The number of nitrogens with zero attached hydrogens (tertiary/aromatic N) is 1. The summed E-state index contributed by atoms with van der Waals surface area (Å²) >= 11 is 0. The van der Waals surface area contributed by atoms with E-state index in [1.807, 2.05) is 0 Å². The van der Waals surface area contributed by atoms with Crippen molar-refractivity contribution in [2.45, 2.75) is 32.6 Å². The van der Waals surface area contributed by atoms with Gasteiger partial charge in [0.2, 0.25) is 0 Å². The lowest BCUT2D eigenvalue weighted by Crippen LogP contribution is -2.41. The quantitative estimate of drug-likeness (QED) is 0.362. The van der Waals surface area contributed by atoms with Crippen LogP contribution in [-0.4, -0.2) is 11.8 Å². The van der Waals surface area contributed by atoms with E-state index >= 15 is 0 Å². The number of benzene rings is 1. The van der Waals surface area contributed by atoms with E-state index < -0.39 is 11.4 Å². The standard InChI is InChI=1S/C14H15NO4/c1-14(9-3-2-4-12(14)16)13(17)19-11-7-5-10(15-18)6-8-11/h5-8H,2-4,9H2,1H3. The number of hydrogen-bond donors (Lipinski definition) is 0. The van der Waals surface area contributed by atoms with E-state index in [2.05, 4.69) is 5.18 Å². The number of Topliss-reactive ketones (excluding diaryl/α,β-unsaturated/α-hetero) is 1. The second-order valence-corrected chi connectivity index (χ2v) is 4.94. The van der Waals surface area contributed by atoms with Crippen LogP contribution in [0.1, 0.15) is 32.6 Å². The van der Waals surface area contributed by atoms with Gasteiger partial charge in [0.25, 0.3) is 0 Å². The molecule has 19 heavy (non-hydrogen) atoms. The number of ether oxygens (including phenoxy) is 1. The highest BCUT2D eigenvalue weighted by Gasteiger charge is 2.43. The molecule has 0 heterocycles. The van der Waals surface area contributed by atoms with Gasteiger partial charge in [0, 0.05) is 6.42 Å². The average Bonchev–Trinajstić information content (AvgIpc) is 2.43. The molecule has 1 fully saturated rings. The van der Waals surface area contributed by atoms with Crippen molar-refractivity contribution < 1.29 is 14.3 Å². The molecule has 0 radical (unpaired) electrons. The Bertz CT molecular complexity index is 509. The summed E-state index contributed by atoms with van der Waals surface area (Å²) in [6.45, 7) is 1.64. The number of nitroso groups, excluding NO2 is 1. The Kier molecular flexibility index (Phi) is 3.74. The molecule has 0 saturated heterocycles. The minimum Gasteiger partial charge on any atom is -0.426 e. The summed E-state index contributed by atoms with van der Waals surface area (Å²) in [4.78, 5) is 34.3. The van der Waals surface area contributed by atoms with Crippen LogP contribution in [0.5, 0.6) is 5.75 Å². The van der Waals surface area contributed by atoms with Gasteiger partial charge in [-0.2, -0.15) is 0 Å². The highest BCUT2D eigenvalue weighted by atomic mass is 16.5. The minimum absolute atomic E-state index is 0.0603. The van der Waals surface area contributed by atoms with Gasteiger partial charge in [0.05, 0.1) is 0 Å². The zero-order chi connectivity index (χ0) is 13.9. The van der Waals surface area contributed by atoms with E-state index in [-0.39, 0.29) is 11.5 Å². The maximum atomic E-state index is 12.1. The largest absolute Gasteiger partial charge is 0.426 e. The van der Waals surface area contributed by atoms with Crippen molar-refractivity contribution in [3.63, 3.8) is 0 Å². The molecule has 1 saturated carbocycles. The molecule has 0 spiro atoms. The van der Waals surface area contributed by atoms with Crippen molar-refractivity contribution in [3.8, 4) is 5.75 Å². The molecular weight excluding hydrogens is 246 g/mol. The molecule has 1 aliphatic rings. The highest BCUT2D eigenvalue weighted by Crippen LogP contribution is 2.34. The molecule has 1 aliphatic carbocycles. The molecule has 2 rings (SSSR count). The molecule has 0 aromatic heterocycles. The lowest BCUT2D eigenvalue weighted by atomic mass is 9.74. The molecule has 0 bridgehead atoms. The summed E-state index contributed by atoms with van der Waals surface area (Å²) in [7, 11) is 0. The Labute approximate surface area is 110 Å². The summed E-state index contributed by atoms with van der Waals surface area (Å²) in [5.41, 5.74) is -0.778. The summed E-state index contributed by atoms with van der Waals surface area (Å²) in [5, 5.41) is 2.76. The SMILES string of the molecule is CC1(C(=O)Oc2ccc(N=O)cc2)CCCCC1=O. The number of carbonyl (C=O) groups excluding carboxylic acids is 2.